The molecule has 0 spiro atoms. The first-order valence-corrected chi connectivity index (χ1v) is 7.79. The van der Waals surface area contributed by atoms with Gasteiger partial charge in [0.25, 0.3) is 0 Å². The number of nitrogens with one attached hydrogen (secondary N) is 1. The maximum atomic E-state index is 6.00. The Hall–Kier alpha value is -1.39. The van der Waals surface area contributed by atoms with Crippen LogP contribution in [0.15, 0.2) is 47.2 Å². The summed E-state index contributed by atoms with van der Waals surface area (Å²) in [5.74, 6) is 0.895. The van der Waals surface area contributed by atoms with Crippen molar-refractivity contribution < 1.29 is 4.74 Å². The smallest absolute Gasteiger partial charge is 0.138 e. The van der Waals surface area contributed by atoms with E-state index in [1.807, 2.05) is 24.3 Å². The van der Waals surface area contributed by atoms with Crippen molar-refractivity contribution in [1.82, 2.24) is 10.3 Å². The van der Waals surface area contributed by atoms with Gasteiger partial charge >= 0.3 is 0 Å². The summed E-state index contributed by atoms with van der Waals surface area (Å²) >= 11 is 3.58. The predicted octanol–water partition coefficient (Wildman–Crippen LogP) is 4.31. The second-order valence-electron chi connectivity index (χ2n) is 5.98. The summed E-state index contributed by atoms with van der Waals surface area (Å²) in [5.41, 5.74) is 2.33. The van der Waals surface area contributed by atoms with Crippen LogP contribution in [0.25, 0.3) is 0 Å². The van der Waals surface area contributed by atoms with Crippen molar-refractivity contribution in [1.29, 1.82) is 0 Å². The molecule has 0 aliphatic heterocycles. The van der Waals surface area contributed by atoms with Crippen molar-refractivity contribution in [3.63, 3.8) is 0 Å². The van der Waals surface area contributed by atoms with E-state index >= 15 is 0 Å². The Kier molecular flexibility index (Phi) is 5.37. The van der Waals surface area contributed by atoms with E-state index in [0.717, 1.165) is 27.9 Å². The number of aromatic nitrogens is 1. The zero-order valence-corrected chi connectivity index (χ0v) is 14.3. The van der Waals surface area contributed by atoms with E-state index in [-0.39, 0.29) is 5.54 Å². The van der Waals surface area contributed by atoms with Crippen LogP contribution in [0, 0.1) is 0 Å². The third kappa shape index (κ3) is 5.14. The fourth-order valence-electron chi connectivity index (χ4n) is 1.85. The van der Waals surface area contributed by atoms with Crippen LogP contribution in [0.5, 0.6) is 5.75 Å². The van der Waals surface area contributed by atoms with E-state index in [2.05, 4.69) is 53.1 Å². The zero-order valence-electron chi connectivity index (χ0n) is 12.7. The molecule has 0 saturated carbocycles. The van der Waals surface area contributed by atoms with Gasteiger partial charge in [0.1, 0.15) is 12.4 Å². The monoisotopic (exact) mass is 348 g/mol. The minimum Gasteiger partial charge on any atom is -0.487 e. The van der Waals surface area contributed by atoms with Crippen LogP contribution in [0.1, 0.15) is 31.9 Å². The van der Waals surface area contributed by atoms with Gasteiger partial charge in [-0.3, -0.25) is 4.98 Å². The second-order valence-corrected chi connectivity index (χ2v) is 6.83. The number of para-hydroxylation sites is 1. The molecule has 0 saturated heterocycles. The number of benzene rings is 1. The molecular weight excluding hydrogens is 328 g/mol. The Morgan fingerprint density at radius 2 is 1.86 bits per heavy atom. The van der Waals surface area contributed by atoms with Gasteiger partial charge in [-0.1, -0.05) is 12.1 Å². The molecule has 1 aromatic carbocycles. The molecule has 0 amide bonds. The lowest BCUT2D eigenvalue weighted by Gasteiger charge is -2.22. The van der Waals surface area contributed by atoms with Gasteiger partial charge in [-0.05, 0) is 60.5 Å². The van der Waals surface area contributed by atoms with Gasteiger partial charge in [-0.25, -0.2) is 0 Å². The van der Waals surface area contributed by atoms with Crippen LogP contribution in [0.4, 0.5) is 0 Å². The number of hydrogen-bond acceptors (Lipinski definition) is 3. The maximum Gasteiger partial charge on any atom is 0.138 e. The van der Waals surface area contributed by atoms with E-state index < -0.39 is 0 Å². The van der Waals surface area contributed by atoms with Gasteiger partial charge < -0.3 is 10.1 Å². The molecule has 0 atom stereocenters. The summed E-state index contributed by atoms with van der Waals surface area (Å²) in [6.07, 6.45) is 3.56. The maximum absolute atomic E-state index is 6.00. The summed E-state index contributed by atoms with van der Waals surface area (Å²) in [5, 5.41) is 3.49. The molecule has 0 aliphatic rings. The van der Waals surface area contributed by atoms with Crippen LogP contribution in [0.2, 0.25) is 0 Å². The number of hydrogen-bond donors (Lipinski definition) is 1. The largest absolute Gasteiger partial charge is 0.487 e. The lowest BCUT2D eigenvalue weighted by Crippen LogP contribution is -2.35. The molecule has 0 fully saturated rings. The molecule has 0 radical (unpaired) electrons. The molecule has 0 bridgehead atoms. The molecule has 0 aliphatic carbocycles. The van der Waals surface area contributed by atoms with Crippen molar-refractivity contribution in [3.8, 4) is 5.75 Å². The quantitative estimate of drug-likeness (QED) is 0.873. The Morgan fingerprint density at radius 1 is 1.14 bits per heavy atom. The van der Waals surface area contributed by atoms with Crippen molar-refractivity contribution in [3.05, 3.63) is 58.3 Å². The number of halogens is 1. The topological polar surface area (TPSA) is 34.1 Å². The van der Waals surface area contributed by atoms with Gasteiger partial charge in [-0.2, -0.15) is 0 Å². The molecule has 21 heavy (non-hydrogen) atoms. The van der Waals surface area contributed by atoms with E-state index in [9.17, 15) is 0 Å². The fourth-order valence-corrected chi connectivity index (χ4v) is 2.37. The SMILES string of the molecule is CC(C)(C)NCc1cccc(Br)c1OCc1ccncc1. The highest BCUT2D eigenvalue weighted by molar-refractivity contribution is 9.10. The summed E-state index contributed by atoms with van der Waals surface area (Å²) in [6.45, 7) is 7.77. The van der Waals surface area contributed by atoms with Crippen LogP contribution in [0.3, 0.4) is 0 Å². The molecular formula is C17H21BrN2O. The Bertz CT molecular complexity index is 579. The van der Waals surface area contributed by atoms with E-state index in [0.29, 0.717) is 6.61 Å². The zero-order chi connectivity index (χ0) is 15.3. The highest BCUT2D eigenvalue weighted by Gasteiger charge is 2.13. The minimum atomic E-state index is 0.0741. The van der Waals surface area contributed by atoms with Gasteiger partial charge in [0, 0.05) is 30.0 Å². The molecule has 2 rings (SSSR count). The number of rotatable bonds is 5. The third-order valence-electron chi connectivity index (χ3n) is 2.99. The average molecular weight is 349 g/mol. The first-order chi connectivity index (χ1) is 9.96. The van der Waals surface area contributed by atoms with Crippen LogP contribution in [-0.4, -0.2) is 10.5 Å². The van der Waals surface area contributed by atoms with Crippen molar-refractivity contribution in [2.75, 3.05) is 0 Å². The van der Waals surface area contributed by atoms with E-state index in [4.69, 9.17) is 4.74 Å². The Balaban J connectivity index is 2.10. The van der Waals surface area contributed by atoms with E-state index in [1.165, 1.54) is 0 Å². The van der Waals surface area contributed by atoms with Crippen molar-refractivity contribution in [2.24, 2.45) is 0 Å². The molecule has 0 unspecified atom stereocenters. The van der Waals surface area contributed by atoms with Crippen LogP contribution < -0.4 is 10.1 Å². The average Bonchev–Trinajstić information content (AvgIpc) is 2.44. The summed E-state index contributed by atoms with van der Waals surface area (Å²) in [6, 6.07) is 10.0. The van der Waals surface area contributed by atoms with Crippen LogP contribution >= 0.6 is 15.9 Å². The number of nitrogens with zero attached hydrogens (tertiary/aromatic N) is 1. The fraction of sp³-hybridized carbons (Fsp3) is 0.353. The minimum absolute atomic E-state index is 0.0741. The lowest BCUT2D eigenvalue weighted by atomic mass is 10.1. The molecule has 4 heteroatoms. The normalized spacial score (nSPS) is 11.4. The highest BCUT2D eigenvalue weighted by atomic mass is 79.9. The number of pyridine rings is 1. The highest BCUT2D eigenvalue weighted by Crippen LogP contribution is 2.30. The van der Waals surface area contributed by atoms with Crippen molar-refractivity contribution in [2.45, 2.75) is 39.5 Å². The molecule has 1 N–H and O–H groups in total. The lowest BCUT2D eigenvalue weighted by molar-refractivity contribution is 0.298. The molecule has 1 aromatic heterocycles. The molecule has 112 valence electrons. The Morgan fingerprint density at radius 3 is 2.52 bits per heavy atom. The summed E-state index contributed by atoms with van der Waals surface area (Å²) in [4.78, 5) is 4.02. The summed E-state index contributed by atoms with van der Waals surface area (Å²) < 4.78 is 6.98. The first kappa shape index (κ1) is 16.0. The van der Waals surface area contributed by atoms with Crippen molar-refractivity contribution >= 4 is 15.9 Å². The Labute approximate surface area is 134 Å². The van der Waals surface area contributed by atoms with E-state index in [1.54, 1.807) is 12.4 Å². The summed E-state index contributed by atoms with van der Waals surface area (Å²) in [7, 11) is 0. The first-order valence-electron chi connectivity index (χ1n) is 7.00. The standard InChI is InChI=1S/C17H21BrN2O/c1-17(2,3)20-11-14-5-4-6-15(18)16(14)21-12-13-7-9-19-10-8-13/h4-10,20H,11-12H2,1-3H3. The van der Waals surface area contributed by atoms with Gasteiger partial charge in [0.15, 0.2) is 0 Å². The molecule has 3 nitrogen and oxygen atoms in total. The number of ether oxygens (including phenoxy) is 1. The van der Waals surface area contributed by atoms with Gasteiger partial charge in [0.2, 0.25) is 0 Å². The second kappa shape index (κ2) is 7.05. The molecule has 2 aromatic rings. The van der Waals surface area contributed by atoms with Gasteiger partial charge in [-0.15, -0.1) is 0 Å². The van der Waals surface area contributed by atoms with Crippen LogP contribution in [-0.2, 0) is 13.2 Å². The predicted molar refractivity (Wildman–Crippen MR) is 89.3 cm³/mol. The molecule has 1 heterocycles. The third-order valence-corrected chi connectivity index (χ3v) is 3.61. The van der Waals surface area contributed by atoms with Gasteiger partial charge in [0.05, 0.1) is 4.47 Å².